The lowest BCUT2D eigenvalue weighted by atomic mass is 10.1. The first-order chi connectivity index (χ1) is 8.25. The Labute approximate surface area is 115 Å². The number of unbranched alkanes of at least 4 members (excludes halogenated alkanes) is 3. The number of hydrogen-bond donors (Lipinski definition) is 1. The highest BCUT2D eigenvalue weighted by atomic mass is 35.5. The van der Waals surface area contributed by atoms with Crippen LogP contribution in [0.2, 0.25) is 0 Å². The zero-order valence-electron chi connectivity index (χ0n) is 10.7. The third-order valence-electron chi connectivity index (χ3n) is 2.58. The smallest absolute Gasteiger partial charge is 0.339 e. The van der Waals surface area contributed by atoms with Gasteiger partial charge in [-0.25, -0.2) is 4.79 Å². The number of halogens is 1. The lowest BCUT2D eigenvalue weighted by Crippen LogP contribution is -2.16. The molecule has 1 atom stereocenters. The van der Waals surface area contributed by atoms with Gasteiger partial charge in [0, 0.05) is 0 Å². The summed E-state index contributed by atoms with van der Waals surface area (Å²) < 4.78 is 5.02. The average Bonchev–Trinajstić information content (AvgIpc) is 2.38. The molecule has 1 rings (SSSR count). The third-order valence-corrected chi connectivity index (χ3v) is 2.58. The largest absolute Gasteiger partial charge is 0.464 e. The molecule has 4 heteroatoms. The molecule has 0 aliphatic rings. The molecule has 3 nitrogen and oxygen atoms in total. The molecule has 0 fully saturated rings. The van der Waals surface area contributed by atoms with Crippen LogP contribution in [0, 0.1) is 0 Å². The predicted octanol–water partition coefficient (Wildman–Crippen LogP) is 3.27. The molecular formula is C14H21ClO3. The summed E-state index contributed by atoms with van der Waals surface area (Å²) in [5, 5.41) is 9.72. The van der Waals surface area contributed by atoms with Gasteiger partial charge in [0.05, 0.1) is 6.61 Å². The highest BCUT2D eigenvalue weighted by molar-refractivity contribution is 5.85. The van der Waals surface area contributed by atoms with E-state index in [1.165, 1.54) is 0 Å². The summed E-state index contributed by atoms with van der Waals surface area (Å²) >= 11 is 0. The van der Waals surface area contributed by atoms with E-state index in [2.05, 4.69) is 6.92 Å². The maximum Gasteiger partial charge on any atom is 0.339 e. The van der Waals surface area contributed by atoms with Gasteiger partial charge in [0.15, 0.2) is 6.10 Å². The minimum absolute atomic E-state index is 0. The maximum absolute atomic E-state index is 11.5. The van der Waals surface area contributed by atoms with Crippen molar-refractivity contribution in [1.29, 1.82) is 0 Å². The molecule has 0 bridgehead atoms. The monoisotopic (exact) mass is 272 g/mol. The Morgan fingerprint density at radius 3 is 2.50 bits per heavy atom. The first kappa shape index (κ1) is 16.9. The number of ether oxygens (including phenoxy) is 1. The van der Waals surface area contributed by atoms with Crippen molar-refractivity contribution >= 4 is 18.4 Å². The first-order valence-electron chi connectivity index (χ1n) is 6.15. The second-order valence-electron chi connectivity index (χ2n) is 4.04. The van der Waals surface area contributed by atoms with Crippen molar-refractivity contribution in [3.63, 3.8) is 0 Å². The topological polar surface area (TPSA) is 46.5 Å². The van der Waals surface area contributed by atoms with E-state index >= 15 is 0 Å². The van der Waals surface area contributed by atoms with Gasteiger partial charge >= 0.3 is 5.97 Å². The van der Waals surface area contributed by atoms with Gasteiger partial charge in [-0.15, -0.1) is 12.4 Å². The van der Waals surface area contributed by atoms with E-state index in [1.807, 2.05) is 6.07 Å². The molecule has 0 saturated heterocycles. The zero-order valence-corrected chi connectivity index (χ0v) is 11.5. The fraction of sp³-hybridized carbons (Fsp3) is 0.500. The van der Waals surface area contributed by atoms with E-state index in [1.54, 1.807) is 24.3 Å². The summed E-state index contributed by atoms with van der Waals surface area (Å²) in [6.45, 7) is 2.52. The number of esters is 1. The summed E-state index contributed by atoms with van der Waals surface area (Å²) in [4.78, 5) is 11.5. The highest BCUT2D eigenvalue weighted by Crippen LogP contribution is 2.13. The molecule has 0 radical (unpaired) electrons. The Morgan fingerprint density at radius 2 is 1.89 bits per heavy atom. The summed E-state index contributed by atoms with van der Waals surface area (Å²) in [6.07, 6.45) is 3.06. The number of aliphatic hydroxyl groups excluding tert-OH is 1. The van der Waals surface area contributed by atoms with Crippen molar-refractivity contribution < 1.29 is 14.6 Å². The SMILES string of the molecule is CCCCCCOC(=O)C(O)c1ccccc1.Cl. The van der Waals surface area contributed by atoms with Crippen LogP contribution in [0.4, 0.5) is 0 Å². The Hall–Kier alpha value is -1.06. The summed E-state index contributed by atoms with van der Waals surface area (Å²) in [6, 6.07) is 8.83. The van der Waals surface area contributed by atoms with Gasteiger partial charge < -0.3 is 9.84 Å². The van der Waals surface area contributed by atoms with Crippen LogP contribution in [0.5, 0.6) is 0 Å². The molecule has 0 aliphatic carbocycles. The Bertz CT molecular complexity index is 327. The van der Waals surface area contributed by atoms with Crippen molar-refractivity contribution in [2.24, 2.45) is 0 Å². The molecule has 1 unspecified atom stereocenters. The number of hydrogen-bond acceptors (Lipinski definition) is 3. The Morgan fingerprint density at radius 1 is 1.22 bits per heavy atom. The van der Waals surface area contributed by atoms with Gasteiger partial charge in [-0.3, -0.25) is 0 Å². The van der Waals surface area contributed by atoms with Crippen molar-refractivity contribution in [3.8, 4) is 0 Å². The molecule has 1 aromatic rings. The molecule has 0 heterocycles. The number of carbonyl (C=O) groups excluding carboxylic acids is 1. The summed E-state index contributed by atoms with van der Waals surface area (Å²) in [7, 11) is 0. The first-order valence-corrected chi connectivity index (χ1v) is 6.15. The predicted molar refractivity (Wildman–Crippen MR) is 73.8 cm³/mol. The number of aliphatic hydroxyl groups is 1. The molecule has 0 aliphatic heterocycles. The van der Waals surface area contributed by atoms with Gasteiger partial charge in [-0.2, -0.15) is 0 Å². The second kappa shape index (κ2) is 9.92. The van der Waals surface area contributed by atoms with Gasteiger partial charge in [0.2, 0.25) is 0 Å². The molecular weight excluding hydrogens is 252 g/mol. The molecule has 0 amide bonds. The number of benzene rings is 1. The van der Waals surface area contributed by atoms with Gasteiger partial charge in [0.25, 0.3) is 0 Å². The van der Waals surface area contributed by atoms with E-state index in [0.717, 1.165) is 25.7 Å². The molecule has 1 aromatic carbocycles. The van der Waals surface area contributed by atoms with E-state index in [4.69, 9.17) is 4.74 Å². The van der Waals surface area contributed by atoms with Gasteiger partial charge in [-0.05, 0) is 12.0 Å². The lowest BCUT2D eigenvalue weighted by Gasteiger charge is -2.10. The fourth-order valence-electron chi connectivity index (χ4n) is 1.55. The summed E-state index contributed by atoms with van der Waals surface area (Å²) in [5.74, 6) is -0.562. The average molecular weight is 273 g/mol. The van der Waals surface area contributed by atoms with Gasteiger partial charge in [-0.1, -0.05) is 56.5 Å². The quantitative estimate of drug-likeness (QED) is 0.612. The van der Waals surface area contributed by atoms with Crippen LogP contribution in [0.1, 0.15) is 44.3 Å². The van der Waals surface area contributed by atoms with Crippen LogP contribution in [-0.2, 0) is 9.53 Å². The van der Waals surface area contributed by atoms with Crippen molar-refractivity contribution in [1.82, 2.24) is 0 Å². The van der Waals surface area contributed by atoms with E-state index in [-0.39, 0.29) is 12.4 Å². The van der Waals surface area contributed by atoms with E-state index in [0.29, 0.717) is 12.2 Å². The highest BCUT2D eigenvalue weighted by Gasteiger charge is 2.17. The minimum Gasteiger partial charge on any atom is -0.464 e. The van der Waals surface area contributed by atoms with Gasteiger partial charge in [0.1, 0.15) is 0 Å². The maximum atomic E-state index is 11.5. The van der Waals surface area contributed by atoms with Crippen LogP contribution in [0.3, 0.4) is 0 Å². The van der Waals surface area contributed by atoms with E-state index in [9.17, 15) is 9.90 Å². The van der Waals surface area contributed by atoms with Crippen molar-refractivity contribution in [2.45, 2.75) is 38.7 Å². The minimum atomic E-state index is -1.16. The second-order valence-corrected chi connectivity index (χ2v) is 4.04. The summed E-state index contributed by atoms with van der Waals surface area (Å²) in [5.41, 5.74) is 0.575. The molecule has 0 saturated carbocycles. The molecule has 102 valence electrons. The lowest BCUT2D eigenvalue weighted by molar-refractivity contribution is -0.154. The molecule has 0 spiro atoms. The van der Waals surface area contributed by atoms with Crippen LogP contribution >= 0.6 is 12.4 Å². The van der Waals surface area contributed by atoms with E-state index < -0.39 is 12.1 Å². The standard InChI is InChI=1S/C14H20O3.ClH/c1-2-3-4-8-11-17-14(16)13(15)12-9-6-5-7-10-12;/h5-7,9-10,13,15H,2-4,8,11H2,1H3;1H. The van der Waals surface area contributed by atoms with Crippen molar-refractivity contribution in [3.05, 3.63) is 35.9 Å². The van der Waals surface area contributed by atoms with Crippen LogP contribution in [-0.4, -0.2) is 17.7 Å². The fourth-order valence-corrected chi connectivity index (χ4v) is 1.55. The van der Waals surface area contributed by atoms with Crippen LogP contribution < -0.4 is 0 Å². The van der Waals surface area contributed by atoms with Crippen LogP contribution in [0.25, 0.3) is 0 Å². The molecule has 1 N–H and O–H groups in total. The Kier molecular flexibility index (Phi) is 9.33. The number of rotatable bonds is 7. The Balaban J connectivity index is 0.00000289. The van der Waals surface area contributed by atoms with Crippen LogP contribution in [0.15, 0.2) is 30.3 Å². The molecule has 0 aromatic heterocycles. The third kappa shape index (κ3) is 6.03. The molecule has 18 heavy (non-hydrogen) atoms. The van der Waals surface area contributed by atoms with Crippen molar-refractivity contribution in [2.75, 3.05) is 6.61 Å². The zero-order chi connectivity index (χ0) is 12.5. The number of carbonyl (C=O) groups is 1. The normalized spacial score (nSPS) is 11.4.